The van der Waals surface area contributed by atoms with E-state index in [0.29, 0.717) is 18.5 Å². The topological polar surface area (TPSA) is 127 Å². The number of carbonyl (C=O) groups excluding carboxylic acids is 2. The highest BCUT2D eigenvalue weighted by Gasteiger charge is 2.25. The van der Waals surface area contributed by atoms with Crippen LogP contribution in [-0.2, 0) is 0 Å². The first kappa shape index (κ1) is 22.9. The Balaban J connectivity index is 2.17. The summed E-state index contributed by atoms with van der Waals surface area (Å²) in [6, 6.07) is 10.6. The number of amides is 2. The van der Waals surface area contributed by atoms with Gasteiger partial charge >= 0.3 is 0 Å². The van der Waals surface area contributed by atoms with E-state index in [2.05, 4.69) is 10.3 Å². The summed E-state index contributed by atoms with van der Waals surface area (Å²) in [5, 5.41) is 3.16. The average molecular weight is 443 g/mol. The third-order valence-electron chi connectivity index (χ3n) is 4.63. The zero-order valence-electron chi connectivity index (χ0n) is 17.6. The van der Waals surface area contributed by atoms with Gasteiger partial charge in [-0.05, 0) is 43.9 Å². The minimum Gasteiger partial charge on any atom is -0.454 e. The second-order valence-electron chi connectivity index (χ2n) is 7.34. The number of alkyl halides is 2. The normalized spacial score (nSPS) is 11.2. The molecule has 2 amide bonds. The molecule has 32 heavy (non-hydrogen) atoms. The van der Waals surface area contributed by atoms with Crippen molar-refractivity contribution in [3.8, 4) is 11.1 Å². The Morgan fingerprint density at radius 3 is 2.47 bits per heavy atom. The van der Waals surface area contributed by atoms with Gasteiger partial charge in [0.15, 0.2) is 11.7 Å². The van der Waals surface area contributed by atoms with Gasteiger partial charge in [-0.25, -0.2) is 8.78 Å². The number of fused-ring (bicyclic) bond motifs is 1. The van der Waals surface area contributed by atoms with E-state index >= 15 is 0 Å². The molecule has 168 valence electrons. The standard InChI is InChI=1S/C22H23F2N5O3/c1-29(2)8-7-27-20(30)13-9-12(10-14(11-13)21(31)28-22(25)26)17-15-5-3-4-6-16(15)32-18(17)19(23)24/h3-6,9-11,19H,7-8H2,1-2H3,(H,27,30)(H4,25,26,28,31). The van der Waals surface area contributed by atoms with E-state index in [1.165, 1.54) is 18.2 Å². The van der Waals surface area contributed by atoms with Crippen LogP contribution in [0.3, 0.4) is 0 Å². The number of halogens is 2. The average Bonchev–Trinajstić information content (AvgIpc) is 3.12. The molecule has 0 fully saturated rings. The van der Waals surface area contributed by atoms with Crippen LogP contribution < -0.4 is 16.8 Å². The smallest absolute Gasteiger partial charge is 0.296 e. The number of benzene rings is 2. The fourth-order valence-corrected chi connectivity index (χ4v) is 3.22. The largest absolute Gasteiger partial charge is 0.454 e. The molecule has 5 N–H and O–H groups in total. The molecule has 1 aromatic heterocycles. The van der Waals surface area contributed by atoms with E-state index in [-0.39, 0.29) is 27.8 Å². The van der Waals surface area contributed by atoms with Gasteiger partial charge in [-0.1, -0.05) is 18.2 Å². The summed E-state index contributed by atoms with van der Waals surface area (Å²) in [6.45, 7) is 0.942. The highest BCUT2D eigenvalue weighted by molar-refractivity contribution is 6.06. The van der Waals surface area contributed by atoms with Crippen molar-refractivity contribution in [2.24, 2.45) is 16.5 Å². The fraction of sp³-hybridized carbons (Fsp3) is 0.227. The van der Waals surface area contributed by atoms with Crippen LogP contribution in [-0.4, -0.2) is 49.9 Å². The van der Waals surface area contributed by atoms with Crippen LogP contribution in [0.5, 0.6) is 0 Å². The van der Waals surface area contributed by atoms with E-state index in [1.54, 1.807) is 24.3 Å². The third kappa shape index (κ3) is 5.09. The summed E-state index contributed by atoms with van der Waals surface area (Å²) < 4.78 is 32.9. The summed E-state index contributed by atoms with van der Waals surface area (Å²) in [5.41, 5.74) is 11.2. The Kier molecular flexibility index (Phi) is 6.84. The Morgan fingerprint density at radius 2 is 1.81 bits per heavy atom. The lowest BCUT2D eigenvalue weighted by Crippen LogP contribution is -2.31. The van der Waals surface area contributed by atoms with Crippen molar-refractivity contribution in [2.45, 2.75) is 6.43 Å². The Bertz CT molecular complexity index is 1180. The van der Waals surface area contributed by atoms with Crippen molar-refractivity contribution in [3.63, 3.8) is 0 Å². The highest BCUT2D eigenvalue weighted by atomic mass is 19.3. The van der Waals surface area contributed by atoms with Crippen LogP contribution in [0.2, 0.25) is 0 Å². The molecule has 1 heterocycles. The SMILES string of the molecule is CN(C)CCNC(=O)c1cc(C(=O)N=C(N)N)cc(-c2c(C(F)F)oc3ccccc23)c1. The number of hydrogen-bond acceptors (Lipinski definition) is 4. The second kappa shape index (κ2) is 9.56. The van der Waals surface area contributed by atoms with Crippen molar-refractivity contribution >= 4 is 28.7 Å². The maximum atomic E-state index is 13.8. The molecule has 0 unspecified atom stereocenters. The Labute approximate surface area is 182 Å². The second-order valence-corrected chi connectivity index (χ2v) is 7.34. The third-order valence-corrected chi connectivity index (χ3v) is 4.63. The van der Waals surface area contributed by atoms with E-state index in [0.717, 1.165) is 0 Å². The van der Waals surface area contributed by atoms with Gasteiger partial charge in [0, 0.05) is 35.2 Å². The molecule has 0 atom stereocenters. The van der Waals surface area contributed by atoms with Gasteiger partial charge < -0.3 is 26.1 Å². The Hall–Kier alpha value is -3.79. The maximum Gasteiger partial charge on any atom is 0.296 e. The number of para-hydroxylation sites is 1. The lowest BCUT2D eigenvalue weighted by atomic mass is 9.96. The van der Waals surface area contributed by atoms with Gasteiger partial charge in [0.1, 0.15) is 5.58 Å². The number of rotatable bonds is 7. The van der Waals surface area contributed by atoms with E-state index in [1.807, 2.05) is 19.0 Å². The van der Waals surface area contributed by atoms with Crippen LogP contribution in [0.1, 0.15) is 32.9 Å². The van der Waals surface area contributed by atoms with Gasteiger partial charge in [-0.15, -0.1) is 0 Å². The minimum absolute atomic E-state index is 0.0286. The fourth-order valence-electron chi connectivity index (χ4n) is 3.22. The van der Waals surface area contributed by atoms with Gasteiger partial charge in [0.05, 0.1) is 0 Å². The molecule has 3 aromatic rings. The molecule has 0 saturated carbocycles. The van der Waals surface area contributed by atoms with Gasteiger partial charge in [-0.2, -0.15) is 4.99 Å². The summed E-state index contributed by atoms with van der Waals surface area (Å²) >= 11 is 0. The molecule has 10 heteroatoms. The molecular formula is C22H23F2N5O3. The predicted molar refractivity (Wildman–Crippen MR) is 118 cm³/mol. The first-order chi connectivity index (χ1) is 15.2. The van der Waals surface area contributed by atoms with Gasteiger partial charge in [0.2, 0.25) is 0 Å². The van der Waals surface area contributed by atoms with Crippen molar-refractivity contribution in [1.82, 2.24) is 10.2 Å². The van der Waals surface area contributed by atoms with Crippen molar-refractivity contribution in [1.29, 1.82) is 0 Å². The maximum absolute atomic E-state index is 13.8. The Morgan fingerprint density at radius 1 is 1.12 bits per heavy atom. The van der Waals surface area contributed by atoms with Crippen molar-refractivity contribution in [3.05, 3.63) is 59.4 Å². The molecule has 8 nitrogen and oxygen atoms in total. The zero-order chi connectivity index (χ0) is 23.4. The number of furan rings is 1. The molecule has 0 radical (unpaired) electrons. The van der Waals surface area contributed by atoms with Gasteiger partial charge in [-0.3, -0.25) is 9.59 Å². The van der Waals surface area contributed by atoms with Crippen molar-refractivity contribution < 1.29 is 22.8 Å². The van der Waals surface area contributed by atoms with Crippen LogP contribution >= 0.6 is 0 Å². The van der Waals surface area contributed by atoms with Crippen LogP contribution in [0.25, 0.3) is 22.1 Å². The monoisotopic (exact) mass is 443 g/mol. The molecular weight excluding hydrogens is 420 g/mol. The first-order valence-corrected chi connectivity index (χ1v) is 9.69. The van der Waals surface area contributed by atoms with Crippen LogP contribution in [0.15, 0.2) is 51.9 Å². The molecule has 0 aliphatic rings. The lowest BCUT2D eigenvalue weighted by molar-refractivity contribution is 0.0951. The van der Waals surface area contributed by atoms with E-state index < -0.39 is 30.0 Å². The molecule has 0 bridgehead atoms. The number of nitrogens with two attached hydrogens (primary N) is 2. The molecule has 0 aliphatic heterocycles. The number of nitrogens with zero attached hydrogens (tertiary/aromatic N) is 2. The van der Waals surface area contributed by atoms with E-state index in [4.69, 9.17) is 15.9 Å². The zero-order valence-corrected chi connectivity index (χ0v) is 17.6. The number of hydrogen-bond donors (Lipinski definition) is 3. The van der Waals surface area contributed by atoms with E-state index in [9.17, 15) is 18.4 Å². The minimum atomic E-state index is -2.91. The number of aliphatic imine (C=N–C) groups is 1. The van der Waals surface area contributed by atoms with Crippen molar-refractivity contribution in [2.75, 3.05) is 27.2 Å². The molecule has 3 rings (SSSR count). The molecule has 0 spiro atoms. The number of nitrogens with one attached hydrogen (secondary N) is 1. The predicted octanol–water partition coefficient (Wildman–Crippen LogP) is 2.74. The first-order valence-electron chi connectivity index (χ1n) is 9.69. The summed E-state index contributed by atoms with van der Waals surface area (Å²) in [5.74, 6) is -2.30. The van der Waals surface area contributed by atoms with Crippen LogP contribution in [0.4, 0.5) is 8.78 Å². The number of likely N-dealkylation sites (N-methyl/N-ethyl adjacent to an activating group) is 1. The van der Waals surface area contributed by atoms with Crippen LogP contribution in [0, 0.1) is 0 Å². The highest BCUT2D eigenvalue weighted by Crippen LogP contribution is 2.40. The summed E-state index contributed by atoms with van der Waals surface area (Å²) in [7, 11) is 3.71. The quantitative estimate of drug-likeness (QED) is 0.381. The summed E-state index contributed by atoms with van der Waals surface area (Å²) in [6.07, 6.45) is -2.91. The molecule has 0 aliphatic carbocycles. The lowest BCUT2D eigenvalue weighted by Gasteiger charge is -2.12. The number of guanidine groups is 1. The van der Waals surface area contributed by atoms with Gasteiger partial charge in [0.25, 0.3) is 18.2 Å². The number of carbonyl (C=O) groups is 2. The molecule has 0 saturated heterocycles. The summed E-state index contributed by atoms with van der Waals surface area (Å²) in [4.78, 5) is 30.6. The molecule has 2 aromatic carbocycles.